The zero-order valence-electron chi connectivity index (χ0n) is 17.9. The molecule has 3 rings (SSSR count). The number of rotatable bonds is 8. The lowest BCUT2D eigenvalue weighted by molar-refractivity contribution is -0.137. The molecule has 2 aromatic carbocycles. The molecule has 178 valence electrons. The summed E-state index contributed by atoms with van der Waals surface area (Å²) in [5.74, 6) is 0. The number of nitrogens with zero attached hydrogens (tertiary/aromatic N) is 2. The Balaban J connectivity index is 1.50. The van der Waals surface area contributed by atoms with Gasteiger partial charge >= 0.3 is 6.18 Å². The van der Waals surface area contributed by atoms with Crippen molar-refractivity contribution in [3.05, 3.63) is 69.1 Å². The van der Waals surface area contributed by atoms with E-state index < -0.39 is 26.8 Å². The molecule has 5 nitrogen and oxygen atoms in total. The van der Waals surface area contributed by atoms with E-state index in [-0.39, 0.29) is 16.9 Å². The second kappa shape index (κ2) is 10.6. The summed E-state index contributed by atoms with van der Waals surface area (Å²) in [6, 6.07) is 10.3. The normalized spacial score (nSPS) is 17.9. The van der Waals surface area contributed by atoms with Crippen molar-refractivity contribution in [1.29, 1.82) is 0 Å². The average Bonchev–Trinajstić information content (AvgIpc) is 3.19. The van der Waals surface area contributed by atoms with Crippen LogP contribution in [-0.2, 0) is 16.2 Å². The molecule has 0 amide bonds. The highest BCUT2D eigenvalue weighted by Crippen LogP contribution is 2.34. The topological polar surface area (TPSA) is 61.8 Å². The molecule has 0 saturated heterocycles. The van der Waals surface area contributed by atoms with Crippen LogP contribution in [0, 0.1) is 6.92 Å². The third-order valence-corrected chi connectivity index (χ3v) is 8.33. The lowest BCUT2D eigenvalue weighted by atomic mass is 10.1. The number of aliphatic imine (C=N–C) groups is 1. The van der Waals surface area contributed by atoms with Gasteiger partial charge in [-0.15, -0.1) is 0 Å². The molecule has 33 heavy (non-hydrogen) atoms. The molecule has 0 bridgehead atoms. The Labute approximate surface area is 200 Å². The number of benzene rings is 2. The fourth-order valence-corrected chi connectivity index (χ4v) is 5.72. The molecular formula is C22H23ClF3N3O2S2. The minimum absolute atomic E-state index is 0.161. The first-order chi connectivity index (χ1) is 15.5. The van der Waals surface area contributed by atoms with Crippen molar-refractivity contribution in [2.45, 2.75) is 29.9 Å². The molecule has 1 heterocycles. The molecule has 1 unspecified atom stereocenters. The van der Waals surface area contributed by atoms with Gasteiger partial charge in [0.05, 0.1) is 10.6 Å². The first-order valence-electron chi connectivity index (χ1n) is 10.0. The molecule has 0 saturated carbocycles. The van der Waals surface area contributed by atoms with Crippen LogP contribution in [0.3, 0.4) is 0 Å². The van der Waals surface area contributed by atoms with Gasteiger partial charge in [0.25, 0.3) is 0 Å². The highest BCUT2D eigenvalue weighted by Gasteiger charge is 2.32. The van der Waals surface area contributed by atoms with Crippen molar-refractivity contribution in [3.63, 3.8) is 0 Å². The third kappa shape index (κ3) is 6.60. The zero-order valence-corrected chi connectivity index (χ0v) is 20.3. The Morgan fingerprint density at radius 1 is 1.24 bits per heavy atom. The fraction of sp³-hybridized carbons (Fsp3) is 0.318. The smallest absolute Gasteiger partial charge is 0.287 e. The number of hydrogen-bond acceptors (Lipinski definition) is 5. The Kier molecular flexibility index (Phi) is 8.28. The van der Waals surface area contributed by atoms with Gasteiger partial charge in [0.15, 0.2) is 5.50 Å². The van der Waals surface area contributed by atoms with E-state index in [9.17, 15) is 21.6 Å². The summed E-state index contributed by atoms with van der Waals surface area (Å²) in [6.45, 7) is 2.72. The van der Waals surface area contributed by atoms with Crippen molar-refractivity contribution in [2.75, 3.05) is 20.1 Å². The number of thioether (sulfide) groups is 1. The predicted molar refractivity (Wildman–Crippen MR) is 128 cm³/mol. The van der Waals surface area contributed by atoms with Crippen LogP contribution >= 0.6 is 23.4 Å². The molecular weight excluding hydrogens is 495 g/mol. The summed E-state index contributed by atoms with van der Waals surface area (Å²) in [5.41, 5.74) is 1.14. The molecule has 2 aromatic rings. The molecule has 0 spiro atoms. The van der Waals surface area contributed by atoms with Gasteiger partial charge in [-0.1, -0.05) is 47.6 Å². The Morgan fingerprint density at radius 2 is 1.97 bits per heavy atom. The Bertz CT molecular complexity index is 1170. The van der Waals surface area contributed by atoms with Crippen LogP contribution in [0.25, 0.3) is 6.08 Å². The van der Waals surface area contributed by atoms with E-state index in [0.717, 1.165) is 20.8 Å². The number of allylic oxidation sites excluding steroid dienone is 1. The van der Waals surface area contributed by atoms with E-state index in [0.29, 0.717) is 25.1 Å². The lowest BCUT2D eigenvalue weighted by Crippen LogP contribution is -2.31. The van der Waals surface area contributed by atoms with Crippen LogP contribution in [0.4, 0.5) is 13.2 Å². The van der Waals surface area contributed by atoms with Gasteiger partial charge in [-0.2, -0.15) is 13.2 Å². The number of sulfonamides is 1. The van der Waals surface area contributed by atoms with Gasteiger partial charge < -0.3 is 0 Å². The molecule has 1 N–H and O–H groups in total. The van der Waals surface area contributed by atoms with E-state index in [2.05, 4.69) is 16.4 Å². The van der Waals surface area contributed by atoms with Gasteiger partial charge in [0, 0.05) is 24.7 Å². The maximum atomic E-state index is 12.8. The molecule has 1 aliphatic rings. The van der Waals surface area contributed by atoms with Crippen molar-refractivity contribution in [1.82, 2.24) is 9.62 Å². The van der Waals surface area contributed by atoms with E-state index in [1.165, 1.54) is 12.6 Å². The van der Waals surface area contributed by atoms with Gasteiger partial charge in [-0.05, 0) is 55.3 Å². The first-order valence-corrected chi connectivity index (χ1v) is 12.7. The summed E-state index contributed by atoms with van der Waals surface area (Å²) in [7, 11) is -2.65. The minimum Gasteiger partial charge on any atom is -0.287 e. The minimum atomic E-state index is -4.60. The molecule has 0 aliphatic carbocycles. The lowest BCUT2D eigenvalue weighted by Gasteiger charge is -2.19. The number of aryl methyl sites for hydroxylation is 1. The number of hydrogen-bond donors (Lipinski definition) is 1. The van der Waals surface area contributed by atoms with Crippen molar-refractivity contribution in [2.24, 2.45) is 4.99 Å². The standard InChI is InChI=1S/C22H23ClF3N3O2S2/c1-15-6-3-4-7-16(15)12-18-14-28-21(32-18)27-10-5-11-29(2)33(30,31)20-9-8-17(13-19(20)23)22(24,25)26/h3-4,6-9,12-14,21,27H,5,10-11H2,1-2H3. The van der Waals surface area contributed by atoms with Crippen LogP contribution in [-0.4, -0.2) is 44.6 Å². The van der Waals surface area contributed by atoms with Gasteiger partial charge in [0.1, 0.15) is 4.90 Å². The van der Waals surface area contributed by atoms with E-state index in [1.54, 1.807) is 18.0 Å². The van der Waals surface area contributed by atoms with Crippen molar-refractivity contribution in [3.8, 4) is 0 Å². The summed E-state index contributed by atoms with van der Waals surface area (Å²) >= 11 is 7.42. The summed E-state index contributed by atoms with van der Waals surface area (Å²) in [6.07, 6.45) is -0.242. The van der Waals surface area contributed by atoms with Crippen molar-refractivity contribution >= 4 is 45.7 Å². The van der Waals surface area contributed by atoms with Gasteiger partial charge in [0.2, 0.25) is 10.0 Å². The number of alkyl halides is 3. The highest BCUT2D eigenvalue weighted by molar-refractivity contribution is 8.04. The molecule has 0 fully saturated rings. The predicted octanol–water partition coefficient (Wildman–Crippen LogP) is 5.41. The van der Waals surface area contributed by atoms with E-state index >= 15 is 0 Å². The highest BCUT2D eigenvalue weighted by atomic mass is 35.5. The van der Waals surface area contributed by atoms with Crippen LogP contribution < -0.4 is 5.32 Å². The number of nitrogens with one attached hydrogen (secondary N) is 1. The molecule has 1 atom stereocenters. The van der Waals surface area contributed by atoms with E-state index in [4.69, 9.17) is 11.6 Å². The van der Waals surface area contributed by atoms with Gasteiger partial charge in [-0.3, -0.25) is 10.3 Å². The van der Waals surface area contributed by atoms with Gasteiger partial charge in [-0.25, -0.2) is 12.7 Å². The second-order valence-electron chi connectivity index (χ2n) is 7.43. The van der Waals surface area contributed by atoms with Crippen LogP contribution in [0.1, 0.15) is 23.1 Å². The summed E-state index contributed by atoms with van der Waals surface area (Å²) in [4.78, 5) is 5.09. The summed E-state index contributed by atoms with van der Waals surface area (Å²) < 4.78 is 64.9. The maximum absolute atomic E-state index is 12.8. The monoisotopic (exact) mass is 517 g/mol. The summed E-state index contributed by atoms with van der Waals surface area (Å²) in [5, 5.41) is 2.79. The zero-order chi connectivity index (χ0) is 24.2. The molecule has 11 heteroatoms. The third-order valence-electron chi connectivity index (χ3n) is 4.99. The first kappa shape index (κ1) is 25.8. The number of halogens is 4. The van der Waals surface area contributed by atoms with Crippen molar-refractivity contribution < 1.29 is 21.6 Å². The van der Waals surface area contributed by atoms with E-state index in [1.807, 2.05) is 31.2 Å². The fourth-order valence-electron chi connectivity index (χ4n) is 3.10. The van der Waals surface area contributed by atoms with Crippen LogP contribution in [0.5, 0.6) is 0 Å². The molecule has 1 aliphatic heterocycles. The average molecular weight is 518 g/mol. The quantitative estimate of drug-likeness (QED) is 0.476. The largest absolute Gasteiger partial charge is 0.416 e. The van der Waals surface area contributed by atoms with Crippen LogP contribution in [0.15, 0.2) is 57.3 Å². The SMILES string of the molecule is Cc1ccccc1C=C1C=NC(NCCCN(C)S(=O)(=O)c2ccc(C(F)(F)F)cc2Cl)S1. The molecule has 0 radical (unpaired) electrons. The Morgan fingerprint density at radius 3 is 2.64 bits per heavy atom. The maximum Gasteiger partial charge on any atom is 0.416 e. The van der Waals surface area contributed by atoms with Crippen LogP contribution in [0.2, 0.25) is 5.02 Å². The molecule has 0 aromatic heterocycles. The Hall–Kier alpha value is -1.85. The second-order valence-corrected chi connectivity index (χ2v) is 11.0.